The number of nitrogens with one attached hydrogen (secondary N) is 1. The smallest absolute Gasteiger partial charge is 0.338 e. The van der Waals surface area contributed by atoms with Crippen molar-refractivity contribution in [2.24, 2.45) is 16.7 Å². The molecule has 2 heterocycles. The van der Waals surface area contributed by atoms with Crippen LogP contribution in [0.4, 0.5) is 0 Å². The summed E-state index contributed by atoms with van der Waals surface area (Å²) in [5.41, 5.74) is -6.81. The lowest BCUT2D eigenvalue weighted by molar-refractivity contribution is -0.366. The maximum absolute atomic E-state index is 16.2. The Kier molecular flexibility index (Phi) is 14.5. The van der Waals surface area contributed by atoms with Crippen molar-refractivity contribution in [1.82, 2.24) is 5.32 Å². The maximum atomic E-state index is 16.2. The Morgan fingerprint density at radius 3 is 2.12 bits per heavy atom. The summed E-state index contributed by atoms with van der Waals surface area (Å²) in [4.78, 5) is 70.8. The summed E-state index contributed by atoms with van der Waals surface area (Å²) in [5.74, 6) is -5.88. The second kappa shape index (κ2) is 19.5. The van der Waals surface area contributed by atoms with Crippen LogP contribution in [-0.2, 0) is 52.3 Å². The molecule has 3 aliphatic carbocycles. The minimum absolute atomic E-state index is 0.0422. The third kappa shape index (κ3) is 8.94. The predicted octanol–water partition coefficient (Wildman–Crippen LogP) is 2.84. The van der Waals surface area contributed by atoms with E-state index in [0.29, 0.717) is 11.1 Å². The molecule has 2 aromatic rings. The maximum Gasteiger partial charge on any atom is 0.338 e. The summed E-state index contributed by atoms with van der Waals surface area (Å²) >= 11 is 0. The Hall–Kier alpha value is -5.31. The van der Waals surface area contributed by atoms with Crippen LogP contribution in [0.25, 0.3) is 0 Å². The molecule has 2 bridgehead atoms. The Bertz CT molecular complexity index is 2390. The monoisotopic (exact) mass is 961 g/mol. The number of ether oxygens (including phenoxy) is 7. The first-order chi connectivity index (χ1) is 32.4. The fourth-order valence-corrected chi connectivity index (χ4v) is 11.1. The van der Waals surface area contributed by atoms with Crippen LogP contribution in [0.2, 0.25) is 0 Å². The van der Waals surface area contributed by atoms with E-state index in [1.807, 2.05) is 0 Å². The van der Waals surface area contributed by atoms with Gasteiger partial charge in [-0.1, -0.05) is 75.0 Å². The predicted molar refractivity (Wildman–Crippen MR) is 242 cm³/mol. The van der Waals surface area contributed by atoms with Crippen molar-refractivity contribution in [3.8, 4) is 0 Å². The highest BCUT2D eigenvalue weighted by molar-refractivity contribution is 5.96. The second-order valence-corrected chi connectivity index (χ2v) is 19.5. The third-order valence-corrected chi connectivity index (χ3v) is 15.1. The number of carbonyl (C=O) groups is 5. The van der Waals surface area contributed by atoms with Crippen molar-refractivity contribution in [3.63, 3.8) is 0 Å². The van der Waals surface area contributed by atoms with Crippen molar-refractivity contribution < 1.29 is 82.7 Å². The SMILES string of the molecule is C=C(OC1CC2(O)C(OC(=O)c3ccccc3)C3C4(OC(C)=O)COC4CC(OC4OCC(O)C(O)C4O)C3(C)C(=O)C(OC(C)=O)C(=C1C)C2(C)C)C(O)C(NC(=O)C(C)=CC)c1ccccc1. The van der Waals surface area contributed by atoms with Crippen molar-refractivity contribution in [2.45, 2.75) is 147 Å². The number of amides is 1. The molecule has 374 valence electrons. The molecule has 15 atom stereocenters. The number of aliphatic hydroxyl groups is 5. The average molecular weight is 962 g/mol. The van der Waals surface area contributed by atoms with Gasteiger partial charge in [0.05, 0.1) is 42.3 Å². The van der Waals surface area contributed by atoms with Crippen LogP contribution >= 0.6 is 0 Å². The van der Waals surface area contributed by atoms with E-state index in [1.54, 1.807) is 89.2 Å². The number of allylic oxidation sites excluding steroid dienone is 1. The van der Waals surface area contributed by atoms with Gasteiger partial charge in [-0.05, 0) is 56.5 Å². The van der Waals surface area contributed by atoms with Gasteiger partial charge in [0, 0.05) is 37.7 Å². The molecule has 0 spiro atoms. The molecule has 7 rings (SSSR count). The standard InChI is InChI=1S/C51H63NO17/c1-10-25(2)45(60)52-37(30-17-13-11-14-18-30)38(56)27(4)65-33-22-51(62)44(68-46(61)31-19-15-12-16-20-31)42-49(9,43(59)41(66-28(5)53)36(26(33)3)48(51,7)8)34(21-35-50(42,24-64-35)69-29(6)54)67-47-40(58)39(57)32(55)23-63-47/h10-20,32-35,37-42,44,47,55-58,62H,4,21-24H2,1-3,5-9H3,(H,52,60). The zero-order valence-electron chi connectivity index (χ0n) is 39.9. The molecule has 5 aliphatic rings. The van der Waals surface area contributed by atoms with Crippen LogP contribution in [0.3, 0.4) is 0 Å². The summed E-state index contributed by atoms with van der Waals surface area (Å²) in [6, 6.07) is 15.4. The highest BCUT2D eigenvalue weighted by Crippen LogP contribution is 2.65. The lowest BCUT2D eigenvalue weighted by Crippen LogP contribution is -2.82. The van der Waals surface area contributed by atoms with Gasteiger partial charge in [-0.3, -0.25) is 19.2 Å². The lowest BCUT2D eigenvalue weighted by Gasteiger charge is -2.68. The average Bonchev–Trinajstić information content (AvgIpc) is 3.30. The Morgan fingerprint density at radius 1 is 0.899 bits per heavy atom. The van der Waals surface area contributed by atoms with Crippen molar-refractivity contribution in [1.29, 1.82) is 0 Å². The number of ketones is 1. The molecule has 0 radical (unpaired) electrons. The molecule has 1 amide bonds. The quantitative estimate of drug-likeness (QED) is 0.0554. The molecule has 2 aromatic carbocycles. The molecular formula is C51H63NO17. The minimum atomic E-state index is -2.39. The van der Waals surface area contributed by atoms with Gasteiger partial charge in [0.2, 0.25) is 5.91 Å². The van der Waals surface area contributed by atoms with Crippen LogP contribution < -0.4 is 5.32 Å². The lowest BCUT2D eigenvalue weighted by atomic mass is 9.44. The van der Waals surface area contributed by atoms with Gasteiger partial charge in [0.25, 0.3) is 0 Å². The van der Waals surface area contributed by atoms with Crippen LogP contribution in [0.1, 0.15) is 90.2 Å². The van der Waals surface area contributed by atoms with Gasteiger partial charge in [0.15, 0.2) is 23.8 Å². The third-order valence-electron chi connectivity index (χ3n) is 15.1. The van der Waals surface area contributed by atoms with Gasteiger partial charge in [-0.25, -0.2) is 4.79 Å². The molecule has 2 aliphatic heterocycles. The summed E-state index contributed by atoms with van der Waals surface area (Å²) in [5, 5.41) is 61.1. The summed E-state index contributed by atoms with van der Waals surface area (Å²) in [6.07, 6.45) is -15.0. The van der Waals surface area contributed by atoms with Gasteiger partial charge >= 0.3 is 17.9 Å². The molecule has 2 saturated heterocycles. The van der Waals surface area contributed by atoms with Gasteiger partial charge in [-0.15, -0.1) is 0 Å². The number of carbonyl (C=O) groups excluding carboxylic acids is 5. The van der Waals surface area contributed by atoms with E-state index >= 15 is 4.79 Å². The van der Waals surface area contributed by atoms with Crippen LogP contribution in [0.5, 0.6) is 0 Å². The second-order valence-electron chi connectivity index (χ2n) is 19.5. The Balaban J connectivity index is 1.44. The Morgan fingerprint density at radius 2 is 1.54 bits per heavy atom. The number of aliphatic hydroxyl groups excluding tert-OH is 4. The fraction of sp³-hybridized carbons (Fsp3) is 0.549. The van der Waals surface area contributed by atoms with E-state index < -0.39 is 138 Å². The van der Waals surface area contributed by atoms with Crippen molar-refractivity contribution in [2.75, 3.05) is 13.2 Å². The number of benzene rings is 2. The fourth-order valence-electron chi connectivity index (χ4n) is 11.1. The highest BCUT2D eigenvalue weighted by atomic mass is 16.7. The van der Waals surface area contributed by atoms with Crippen LogP contribution in [-0.4, -0.2) is 141 Å². The Labute approximate surface area is 400 Å². The largest absolute Gasteiger partial charge is 0.488 e. The van der Waals surface area contributed by atoms with E-state index in [0.717, 1.165) is 13.8 Å². The van der Waals surface area contributed by atoms with E-state index in [1.165, 1.54) is 19.1 Å². The molecule has 18 nitrogen and oxygen atoms in total. The molecule has 0 aromatic heterocycles. The molecule has 15 unspecified atom stereocenters. The van der Waals surface area contributed by atoms with Crippen LogP contribution in [0, 0.1) is 16.7 Å². The molecule has 4 fully saturated rings. The number of rotatable bonds is 13. The highest BCUT2D eigenvalue weighted by Gasteiger charge is 2.79. The molecular weight excluding hydrogens is 899 g/mol. The summed E-state index contributed by atoms with van der Waals surface area (Å²) < 4.78 is 43.7. The topological polar surface area (TPSA) is 263 Å². The summed E-state index contributed by atoms with van der Waals surface area (Å²) in [7, 11) is 0. The number of esters is 3. The van der Waals surface area contributed by atoms with E-state index in [4.69, 9.17) is 33.2 Å². The summed E-state index contributed by atoms with van der Waals surface area (Å²) in [6.45, 7) is 15.0. The van der Waals surface area contributed by atoms with Gasteiger partial charge in [0.1, 0.15) is 54.1 Å². The zero-order valence-corrected chi connectivity index (χ0v) is 39.9. The molecule has 6 N–H and O–H groups in total. The number of Topliss-reactive ketones (excluding diaryl/α,β-unsaturated/α-hetero) is 1. The normalized spacial score (nSPS) is 35.8. The minimum Gasteiger partial charge on any atom is -0.488 e. The first-order valence-electron chi connectivity index (χ1n) is 23.0. The number of fused-ring (bicyclic) bond motifs is 5. The number of hydrogen-bond donors (Lipinski definition) is 6. The van der Waals surface area contributed by atoms with Crippen molar-refractivity contribution in [3.05, 3.63) is 107 Å². The van der Waals surface area contributed by atoms with Gasteiger partial charge in [-0.2, -0.15) is 0 Å². The first-order valence-corrected chi connectivity index (χ1v) is 23.0. The first kappa shape index (κ1) is 51.5. The van der Waals surface area contributed by atoms with E-state index in [9.17, 15) is 44.7 Å². The van der Waals surface area contributed by atoms with Gasteiger partial charge < -0.3 is 64.0 Å². The molecule has 2 saturated carbocycles. The molecule has 18 heteroatoms. The van der Waals surface area contributed by atoms with E-state index in [-0.39, 0.29) is 35.5 Å². The zero-order chi connectivity index (χ0) is 50.5. The van der Waals surface area contributed by atoms with E-state index in [2.05, 4.69) is 11.9 Å². The molecule has 69 heavy (non-hydrogen) atoms. The number of hydrogen-bond acceptors (Lipinski definition) is 17. The van der Waals surface area contributed by atoms with Crippen LogP contribution in [0.15, 0.2) is 95.8 Å². The van der Waals surface area contributed by atoms with Crippen molar-refractivity contribution >= 4 is 29.6 Å².